The van der Waals surface area contributed by atoms with E-state index in [1.807, 2.05) is 66.6 Å². The molecule has 0 saturated carbocycles. The van der Waals surface area contributed by atoms with Gasteiger partial charge in [0.25, 0.3) is 5.91 Å². The van der Waals surface area contributed by atoms with E-state index in [-0.39, 0.29) is 30.1 Å². The van der Waals surface area contributed by atoms with Gasteiger partial charge in [0.1, 0.15) is 0 Å². The Balaban J connectivity index is 0.00000361. The van der Waals surface area contributed by atoms with E-state index in [2.05, 4.69) is 4.90 Å². The number of hydrogen-bond donors (Lipinski definition) is 0. The molecule has 2 aliphatic rings. The highest BCUT2D eigenvalue weighted by atomic mass is 35.5. The lowest BCUT2D eigenvalue weighted by molar-refractivity contribution is -0.129. The SMILES string of the molecule is CN(C[C@@H](CCN1CCC(N2CCC=CC2=O)CC1)c1ccc(Cl)c(Cl)c1)C(=O)c1ccccc1.Cl. The van der Waals surface area contributed by atoms with Gasteiger partial charge in [0.2, 0.25) is 5.91 Å². The smallest absolute Gasteiger partial charge is 0.253 e. The van der Waals surface area contributed by atoms with Crippen molar-refractivity contribution < 1.29 is 9.59 Å². The molecule has 8 heteroatoms. The topological polar surface area (TPSA) is 43.9 Å². The van der Waals surface area contributed by atoms with E-state index in [4.69, 9.17) is 23.2 Å². The van der Waals surface area contributed by atoms with Crippen LogP contribution in [0.2, 0.25) is 10.0 Å². The second-order valence-electron chi connectivity index (χ2n) is 9.51. The van der Waals surface area contributed by atoms with Gasteiger partial charge in [-0.15, -0.1) is 12.4 Å². The van der Waals surface area contributed by atoms with Gasteiger partial charge in [0.05, 0.1) is 10.0 Å². The van der Waals surface area contributed by atoms with Crippen LogP contribution < -0.4 is 0 Å². The molecule has 2 amide bonds. The van der Waals surface area contributed by atoms with Crippen LogP contribution in [0.25, 0.3) is 0 Å². The van der Waals surface area contributed by atoms with Crippen molar-refractivity contribution in [3.63, 3.8) is 0 Å². The van der Waals surface area contributed by atoms with Crippen LogP contribution >= 0.6 is 35.6 Å². The zero-order chi connectivity index (χ0) is 24.8. The van der Waals surface area contributed by atoms with E-state index in [9.17, 15) is 9.59 Å². The Kier molecular flexibility index (Phi) is 10.7. The summed E-state index contributed by atoms with van der Waals surface area (Å²) in [6.45, 7) is 4.31. The average Bonchev–Trinajstić information content (AvgIpc) is 2.89. The number of likely N-dealkylation sites (N-methyl/N-ethyl adjacent to an activating group) is 1. The molecule has 0 bridgehead atoms. The summed E-state index contributed by atoms with van der Waals surface area (Å²) in [4.78, 5) is 31.5. The quantitative estimate of drug-likeness (QED) is 0.410. The number of benzene rings is 2. The first-order chi connectivity index (χ1) is 16.9. The van der Waals surface area contributed by atoms with Crippen molar-refractivity contribution in [2.45, 2.75) is 37.6 Å². The maximum Gasteiger partial charge on any atom is 0.253 e. The van der Waals surface area contributed by atoms with Crippen LogP contribution in [-0.2, 0) is 4.79 Å². The fourth-order valence-electron chi connectivity index (χ4n) is 5.10. The first kappa shape index (κ1) is 28.5. The number of rotatable bonds is 8. The Morgan fingerprint density at radius 1 is 1.06 bits per heavy atom. The minimum atomic E-state index is 0. The van der Waals surface area contributed by atoms with Crippen LogP contribution in [0.1, 0.15) is 47.5 Å². The van der Waals surface area contributed by atoms with Crippen molar-refractivity contribution in [2.75, 3.05) is 39.8 Å². The maximum atomic E-state index is 13.0. The fourth-order valence-corrected chi connectivity index (χ4v) is 5.41. The lowest BCUT2D eigenvalue weighted by Gasteiger charge is -2.39. The second kappa shape index (κ2) is 13.5. The van der Waals surface area contributed by atoms with Crippen molar-refractivity contribution >= 4 is 47.4 Å². The van der Waals surface area contributed by atoms with E-state index in [1.54, 1.807) is 11.0 Å². The van der Waals surface area contributed by atoms with E-state index >= 15 is 0 Å². The highest BCUT2D eigenvalue weighted by Gasteiger charge is 2.28. The Labute approximate surface area is 230 Å². The van der Waals surface area contributed by atoms with Crippen molar-refractivity contribution in [1.29, 1.82) is 0 Å². The Hall–Kier alpha value is -2.05. The third-order valence-electron chi connectivity index (χ3n) is 7.15. The molecule has 5 nitrogen and oxygen atoms in total. The van der Waals surface area contributed by atoms with Gasteiger partial charge < -0.3 is 14.7 Å². The molecule has 1 atom stereocenters. The number of carbonyl (C=O) groups is 2. The van der Waals surface area contributed by atoms with Crippen LogP contribution in [0, 0.1) is 0 Å². The van der Waals surface area contributed by atoms with Gasteiger partial charge in [-0.05, 0) is 68.1 Å². The zero-order valence-corrected chi connectivity index (χ0v) is 22.9. The molecule has 194 valence electrons. The standard InChI is InChI=1S/C28H33Cl2N3O2.ClH/c1-31(28(35)21-7-3-2-4-8-21)20-23(22-10-11-25(29)26(30)19-22)12-16-32-17-13-24(14-18-32)33-15-6-5-9-27(33)34;/h2-5,7-11,19,23-24H,6,12-18,20H2,1H3;1H/t23-;/m1./s1. The summed E-state index contributed by atoms with van der Waals surface area (Å²) < 4.78 is 0. The molecule has 4 rings (SSSR count). The highest BCUT2D eigenvalue weighted by Crippen LogP contribution is 2.30. The monoisotopic (exact) mass is 549 g/mol. The molecular weight excluding hydrogens is 517 g/mol. The van der Waals surface area contributed by atoms with Crippen LogP contribution in [-0.4, -0.2) is 72.3 Å². The highest BCUT2D eigenvalue weighted by molar-refractivity contribution is 6.42. The maximum absolute atomic E-state index is 13.0. The molecule has 0 spiro atoms. The molecule has 0 N–H and O–H groups in total. The molecular formula is C28H34Cl3N3O2. The van der Waals surface area contributed by atoms with Crippen LogP contribution in [0.3, 0.4) is 0 Å². The molecule has 2 aliphatic heterocycles. The van der Waals surface area contributed by atoms with Crippen LogP contribution in [0.4, 0.5) is 0 Å². The first-order valence-corrected chi connectivity index (χ1v) is 13.1. The summed E-state index contributed by atoms with van der Waals surface area (Å²) in [5.74, 6) is 0.297. The number of piperidine rings is 1. The predicted octanol–water partition coefficient (Wildman–Crippen LogP) is 5.91. The normalized spacial score (nSPS) is 17.5. The minimum absolute atomic E-state index is 0. The Morgan fingerprint density at radius 2 is 1.78 bits per heavy atom. The summed E-state index contributed by atoms with van der Waals surface area (Å²) in [5, 5.41) is 1.07. The number of halogens is 3. The summed E-state index contributed by atoms with van der Waals surface area (Å²) in [5.41, 5.74) is 1.78. The Bertz CT molecular complexity index is 1060. The van der Waals surface area contributed by atoms with Crippen molar-refractivity contribution in [2.24, 2.45) is 0 Å². The van der Waals surface area contributed by atoms with Crippen molar-refractivity contribution in [3.05, 3.63) is 81.9 Å². The summed E-state index contributed by atoms with van der Waals surface area (Å²) in [6, 6.07) is 15.5. The van der Waals surface area contributed by atoms with Gasteiger partial charge in [-0.1, -0.05) is 53.5 Å². The Morgan fingerprint density at radius 3 is 2.44 bits per heavy atom. The lowest BCUT2D eigenvalue weighted by atomic mass is 9.93. The van der Waals surface area contributed by atoms with Gasteiger partial charge in [0.15, 0.2) is 0 Å². The third kappa shape index (κ3) is 7.25. The lowest BCUT2D eigenvalue weighted by Crippen LogP contribution is -2.48. The number of carbonyl (C=O) groups excluding carboxylic acids is 2. The molecule has 2 aromatic carbocycles. The molecule has 0 aliphatic carbocycles. The van der Waals surface area contributed by atoms with Crippen molar-refractivity contribution in [1.82, 2.24) is 14.7 Å². The summed E-state index contributed by atoms with van der Waals surface area (Å²) >= 11 is 12.5. The number of amides is 2. The minimum Gasteiger partial charge on any atom is -0.341 e. The van der Waals surface area contributed by atoms with Crippen LogP contribution in [0.15, 0.2) is 60.7 Å². The fraction of sp³-hybridized carbons (Fsp3) is 0.429. The van der Waals surface area contributed by atoms with Gasteiger partial charge in [0, 0.05) is 50.7 Å². The number of likely N-dealkylation sites (tertiary alicyclic amines) is 1. The van der Waals surface area contributed by atoms with Gasteiger partial charge >= 0.3 is 0 Å². The number of hydrogen-bond acceptors (Lipinski definition) is 3. The summed E-state index contributed by atoms with van der Waals surface area (Å²) in [6.07, 6.45) is 7.54. The first-order valence-electron chi connectivity index (χ1n) is 12.4. The predicted molar refractivity (Wildman–Crippen MR) is 149 cm³/mol. The van der Waals surface area contributed by atoms with E-state index in [1.165, 1.54) is 0 Å². The number of nitrogens with zero attached hydrogens (tertiary/aromatic N) is 3. The van der Waals surface area contributed by atoms with E-state index in [0.717, 1.165) is 57.4 Å². The average molecular weight is 551 g/mol. The van der Waals surface area contributed by atoms with E-state index < -0.39 is 0 Å². The molecule has 0 unspecified atom stereocenters. The molecule has 2 aromatic rings. The molecule has 36 heavy (non-hydrogen) atoms. The van der Waals surface area contributed by atoms with Crippen LogP contribution in [0.5, 0.6) is 0 Å². The summed E-state index contributed by atoms with van der Waals surface area (Å²) in [7, 11) is 1.86. The largest absolute Gasteiger partial charge is 0.341 e. The van der Waals surface area contributed by atoms with Gasteiger partial charge in [-0.3, -0.25) is 9.59 Å². The molecule has 1 saturated heterocycles. The molecule has 1 fully saturated rings. The molecule has 2 heterocycles. The third-order valence-corrected chi connectivity index (χ3v) is 7.89. The zero-order valence-electron chi connectivity index (χ0n) is 20.6. The van der Waals surface area contributed by atoms with Gasteiger partial charge in [-0.25, -0.2) is 0 Å². The van der Waals surface area contributed by atoms with E-state index in [0.29, 0.717) is 28.2 Å². The molecule has 0 radical (unpaired) electrons. The molecule has 0 aromatic heterocycles. The van der Waals surface area contributed by atoms with Crippen molar-refractivity contribution in [3.8, 4) is 0 Å². The van der Waals surface area contributed by atoms with Gasteiger partial charge in [-0.2, -0.15) is 0 Å². The second-order valence-corrected chi connectivity index (χ2v) is 10.3.